The molecule has 1 aromatic heterocycles. The number of hydrogen-bond donors (Lipinski definition) is 1. The molecule has 0 saturated heterocycles. The summed E-state index contributed by atoms with van der Waals surface area (Å²) in [7, 11) is 1.91. The lowest BCUT2D eigenvalue weighted by Crippen LogP contribution is -2.27. The number of carbonyl (C=O) groups is 2. The second kappa shape index (κ2) is 8.40. The quantitative estimate of drug-likeness (QED) is 0.644. The van der Waals surface area contributed by atoms with Crippen LogP contribution in [-0.2, 0) is 13.5 Å². The minimum Gasteiger partial charge on any atom is -0.352 e. The maximum atomic E-state index is 12.8. The minimum absolute atomic E-state index is 0.207. The van der Waals surface area contributed by atoms with Crippen LogP contribution in [-0.4, -0.2) is 28.0 Å². The molecular weight excluding hydrogens is 374 g/mol. The molecule has 0 atom stereocenters. The second-order valence-electron chi connectivity index (χ2n) is 6.66. The lowest BCUT2D eigenvalue weighted by molar-refractivity contribution is 0.0942. The Morgan fingerprint density at radius 2 is 1.68 bits per heavy atom. The molecule has 0 spiro atoms. The highest BCUT2D eigenvalue weighted by Gasteiger charge is 2.18. The molecule has 0 radical (unpaired) electrons. The molecular formula is C22H22ClN3O2. The zero-order valence-corrected chi connectivity index (χ0v) is 16.9. The van der Waals surface area contributed by atoms with Crippen molar-refractivity contribution in [1.29, 1.82) is 0 Å². The van der Waals surface area contributed by atoms with Crippen molar-refractivity contribution in [2.45, 2.75) is 20.3 Å². The van der Waals surface area contributed by atoms with Crippen LogP contribution >= 0.6 is 11.6 Å². The summed E-state index contributed by atoms with van der Waals surface area (Å²) in [5, 5.41) is 7.87. The third-order valence-electron chi connectivity index (χ3n) is 4.84. The average Bonchev–Trinajstić information content (AvgIpc) is 2.94. The molecule has 0 saturated carbocycles. The Kier molecular flexibility index (Phi) is 5.95. The number of nitrogens with one attached hydrogen (secondary N) is 1. The zero-order valence-electron chi connectivity index (χ0n) is 16.1. The van der Waals surface area contributed by atoms with Crippen LogP contribution in [0.1, 0.15) is 43.2 Å². The van der Waals surface area contributed by atoms with Gasteiger partial charge in [0.15, 0.2) is 5.78 Å². The SMILES string of the molecule is Cc1nn(C)c(C)c1CCNC(=O)c1ccccc1C(=O)c1ccc(Cl)cc1. The van der Waals surface area contributed by atoms with Gasteiger partial charge in [0.2, 0.25) is 0 Å². The van der Waals surface area contributed by atoms with E-state index in [-0.39, 0.29) is 11.7 Å². The topological polar surface area (TPSA) is 64.0 Å². The van der Waals surface area contributed by atoms with Crippen molar-refractivity contribution in [3.05, 3.63) is 87.2 Å². The molecule has 1 heterocycles. The van der Waals surface area contributed by atoms with Crippen LogP contribution < -0.4 is 5.32 Å². The van der Waals surface area contributed by atoms with Crippen molar-refractivity contribution in [3.8, 4) is 0 Å². The normalized spacial score (nSPS) is 10.7. The first-order chi connectivity index (χ1) is 13.4. The number of nitrogens with zero attached hydrogens (tertiary/aromatic N) is 2. The van der Waals surface area contributed by atoms with Gasteiger partial charge in [-0.3, -0.25) is 14.3 Å². The molecule has 0 aliphatic carbocycles. The molecule has 5 nitrogen and oxygen atoms in total. The monoisotopic (exact) mass is 395 g/mol. The molecule has 2 aromatic carbocycles. The molecule has 6 heteroatoms. The number of aryl methyl sites for hydroxylation is 2. The van der Waals surface area contributed by atoms with Gasteiger partial charge < -0.3 is 5.32 Å². The van der Waals surface area contributed by atoms with Crippen LogP contribution in [0.3, 0.4) is 0 Å². The standard InChI is InChI=1S/C22H22ClN3O2/c1-14-18(15(2)26(3)25-14)12-13-24-22(28)20-7-5-4-6-19(20)21(27)16-8-10-17(23)11-9-16/h4-11H,12-13H2,1-3H3,(H,24,28). The molecule has 3 rings (SSSR count). The Morgan fingerprint density at radius 3 is 2.29 bits per heavy atom. The molecule has 0 unspecified atom stereocenters. The summed E-state index contributed by atoms with van der Waals surface area (Å²) in [5.74, 6) is -0.474. The van der Waals surface area contributed by atoms with E-state index in [2.05, 4.69) is 10.4 Å². The molecule has 0 aliphatic heterocycles. The fourth-order valence-corrected chi connectivity index (χ4v) is 3.34. The number of halogens is 1. The van der Waals surface area contributed by atoms with Crippen LogP contribution in [0, 0.1) is 13.8 Å². The fourth-order valence-electron chi connectivity index (χ4n) is 3.21. The van der Waals surface area contributed by atoms with E-state index in [1.165, 1.54) is 0 Å². The number of aromatic nitrogens is 2. The predicted molar refractivity (Wildman–Crippen MR) is 110 cm³/mol. The molecule has 1 amide bonds. The predicted octanol–water partition coefficient (Wildman–Crippen LogP) is 3.89. The van der Waals surface area contributed by atoms with E-state index < -0.39 is 0 Å². The lowest BCUT2D eigenvalue weighted by Gasteiger charge is -2.10. The van der Waals surface area contributed by atoms with E-state index in [1.807, 2.05) is 25.6 Å². The molecule has 3 aromatic rings. The number of rotatable bonds is 6. The number of hydrogen-bond acceptors (Lipinski definition) is 3. The smallest absolute Gasteiger partial charge is 0.252 e. The van der Waals surface area contributed by atoms with Gasteiger partial charge in [-0.2, -0.15) is 5.10 Å². The minimum atomic E-state index is -0.267. The van der Waals surface area contributed by atoms with Crippen LogP contribution in [0.25, 0.3) is 0 Å². The molecule has 28 heavy (non-hydrogen) atoms. The van der Waals surface area contributed by atoms with Gasteiger partial charge in [-0.05, 0) is 56.2 Å². The van der Waals surface area contributed by atoms with Crippen molar-refractivity contribution in [1.82, 2.24) is 15.1 Å². The summed E-state index contributed by atoms with van der Waals surface area (Å²) in [6.45, 7) is 4.44. The Hall–Kier alpha value is -2.92. The molecule has 0 bridgehead atoms. The van der Waals surface area contributed by atoms with E-state index in [9.17, 15) is 9.59 Å². The van der Waals surface area contributed by atoms with E-state index in [0.29, 0.717) is 34.7 Å². The van der Waals surface area contributed by atoms with Gasteiger partial charge in [-0.1, -0.05) is 29.8 Å². The maximum absolute atomic E-state index is 12.8. The van der Waals surface area contributed by atoms with Gasteiger partial charge in [0.05, 0.1) is 11.3 Å². The van der Waals surface area contributed by atoms with Crippen LogP contribution in [0.4, 0.5) is 0 Å². The third-order valence-corrected chi connectivity index (χ3v) is 5.09. The first-order valence-corrected chi connectivity index (χ1v) is 9.43. The number of benzene rings is 2. The Labute approximate surface area is 169 Å². The fraction of sp³-hybridized carbons (Fsp3) is 0.227. The van der Waals surface area contributed by atoms with Crippen LogP contribution in [0.2, 0.25) is 5.02 Å². The number of ketones is 1. The lowest BCUT2D eigenvalue weighted by atomic mass is 9.98. The molecule has 144 valence electrons. The van der Waals surface area contributed by atoms with Gasteiger partial charge in [0, 0.05) is 35.4 Å². The number of amides is 1. The average molecular weight is 396 g/mol. The van der Waals surface area contributed by atoms with Crippen molar-refractivity contribution in [2.24, 2.45) is 7.05 Å². The van der Waals surface area contributed by atoms with Crippen molar-refractivity contribution >= 4 is 23.3 Å². The Bertz CT molecular complexity index is 1020. The summed E-state index contributed by atoms with van der Waals surface area (Å²) in [5.41, 5.74) is 4.41. The van der Waals surface area contributed by atoms with Crippen molar-refractivity contribution in [3.63, 3.8) is 0 Å². The third kappa shape index (κ3) is 4.15. The summed E-state index contributed by atoms with van der Waals surface area (Å²) >= 11 is 5.89. The Morgan fingerprint density at radius 1 is 1.04 bits per heavy atom. The van der Waals surface area contributed by atoms with E-state index >= 15 is 0 Å². The second-order valence-corrected chi connectivity index (χ2v) is 7.10. The zero-order chi connectivity index (χ0) is 20.3. The largest absolute Gasteiger partial charge is 0.352 e. The first-order valence-electron chi connectivity index (χ1n) is 9.05. The van der Waals surface area contributed by atoms with E-state index in [0.717, 1.165) is 17.0 Å². The summed E-state index contributed by atoms with van der Waals surface area (Å²) in [6.07, 6.45) is 0.685. The van der Waals surface area contributed by atoms with Gasteiger partial charge >= 0.3 is 0 Å². The Balaban J connectivity index is 1.74. The first kappa shape index (κ1) is 19.8. The highest BCUT2D eigenvalue weighted by molar-refractivity contribution is 6.30. The molecule has 1 N–H and O–H groups in total. The number of carbonyl (C=O) groups excluding carboxylic acids is 2. The highest BCUT2D eigenvalue weighted by Crippen LogP contribution is 2.17. The van der Waals surface area contributed by atoms with E-state index in [4.69, 9.17) is 11.6 Å². The van der Waals surface area contributed by atoms with Crippen molar-refractivity contribution < 1.29 is 9.59 Å². The van der Waals surface area contributed by atoms with Gasteiger partial charge in [-0.25, -0.2) is 0 Å². The summed E-state index contributed by atoms with van der Waals surface area (Å²) < 4.78 is 1.84. The van der Waals surface area contributed by atoms with Gasteiger partial charge in [0.1, 0.15) is 0 Å². The van der Waals surface area contributed by atoms with Crippen molar-refractivity contribution in [2.75, 3.05) is 6.54 Å². The van der Waals surface area contributed by atoms with Gasteiger partial charge in [0.25, 0.3) is 5.91 Å². The van der Waals surface area contributed by atoms with Crippen LogP contribution in [0.15, 0.2) is 48.5 Å². The highest BCUT2D eigenvalue weighted by atomic mass is 35.5. The summed E-state index contributed by atoms with van der Waals surface area (Å²) in [6, 6.07) is 13.5. The summed E-state index contributed by atoms with van der Waals surface area (Å²) in [4.78, 5) is 25.6. The van der Waals surface area contributed by atoms with E-state index in [1.54, 1.807) is 48.5 Å². The molecule has 0 aliphatic rings. The van der Waals surface area contributed by atoms with Crippen LogP contribution in [0.5, 0.6) is 0 Å². The van der Waals surface area contributed by atoms with Gasteiger partial charge in [-0.15, -0.1) is 0 Å². The molecule has 0 fully saturated rings. The maximum Gasteiger partial charge on any atom is 0.252 e.